The van der Waals surface area contributed by atoms with Gasteiger partial charge in [-0.15, -0.1) is 0 Å². The zero-order chi connectivity index (χ0) is 10.8. The summed E-state index contributed by atoms with van der Waals surface area (Å²) < 4.78 is 5.67. The molecule has 5 heteroatoms. The Morgan fingerprint density at radius 3 is 2.80 bits per heavy atom. The van der Waals surface area contributed by atoms with Gasteiger partial charge in [0.05, 0.1) is 12.6 Å². The zero-order valence-corrected chi connectivity index (χ0v) is 8.76. The van der Waals surface area contributed by atoms with Crippen LogP contribution in [0, 0.1) is 5.92 Å². The molecule has 2 aliphatic rings. The number of nitrogens with two attached hydrogens (primary N) is 1. The molecule has 1 saturated carbocycles. The third-order valence-corrected chi connectivity index (χ3v) is 3.12. The smallest absolute Gasteiger partial charge is 0.407 e. The van der Waals surface area contributed by atoms with Gasteiger partial charge in [-0.05, 0) is 25.2 Å². The zero-order valence-electron chi connectivity index (χ0n) is 8.76. The van der Waals surface area contributed by atoms with Gasteiger partial charge in [0.2, 0.25) is 0 Å². The minimum absolute atomic E-state index is 0.0145. The van der Waals surface area contributed by atoms with Crippen LogP contribution in [0.1, 0.15) is 19.3 Å². The lowest BCUT2D eigenvalue weighted by molar-refractivity contribution is -0.0132. The van der Waals surface area contributed by atoms with Gasteiger partial charge < -0.3 is 20.5 Å². The molecule has 1 aliphatic heterocycles. The molecule has 0 bridgehead atoms. The lowest BCUT2D eigenvalue weighted by atomic mass is 10.0. The minimum atomic E-state index is -0.873. The maximum atomic E-state index is 10.8. The Hall–Kier alpha value is -0.810. The van der Waals surface area contributed by atoms with Crippen LogP contribution in [0.4, 0.5) is 4.79 Å². The summed E-state index contributed by atoms with van der Waals surface area (Å²) >= 11 is 0. The average molecular weight is 214 g/mol. The van der Waals surface area contributed by atoms with Crippen LogP contribution < -0.4 is 5.73 Å². The minimum Gasteiger partial charge on any atom is -0.465 e. The van der Waals surface area contributed by atoms with E-state index in [1.165, 1.54) is 17.7 Å². The molecule has 1 saturated heterocycles. The van der Waals surface area contributed by atoms with Crippen molar-refractivity contribution >= 4 is 6.09 Å². The second-order valence-electron chi connectivity index (χ2n) is 4.50. The fraction of sp³-hybridized carbons (Fsp3) is 0.900. The lowest BCUT2D eigenvalue weighted by Gasteiger charge is -2.35. The molecule has 0 aromatic rings. The number of likely N-dealkylation sites (tertiary alicyclic amines) is 1. The van der Waals surface area contributed by atoms with Crippen molar-refractivity contribution in [2.75, 3.05) is 19.7 Å². The van der Waals surface area contributed by atoms with E-state index >= 15 is 0 Å². The molecular formula is C10H18N2O3. The molecule has 86 valence electrons. The van der Waals surface area contributed by atoms with E-state index in [9.17, 15) is 4.79 Å². The van der Waals surface area contributed by atoms with E-state index in [4.69, 9.17) is 15.6 Å². The van der Waals surface area contributed by atoms with E-state index in [1.54, 1.807) is 0 Å². The van der Waals surface area contributed by atoms with Crippen molar-refractivity contribution in [2.45, 2.75) is 31.4 Å². The number of nitrogens with zero attached hydrogens (tertiary/aromatic N) is 1. The first-order chi connectivity index (χ1) is 7.16. The fourth-order valence-corrected chi connectivity index (χ4v) is 1.83. The van der Waals surface area contributed by atoms with Crippen LogP contribution in [0.5, 0.6) is 0 Å². The Bertz CT molecular complexity index is 243. The fourth-order valence-electron chi connectivity index (χ4n) is 1.83. The quantitative estimate of drug-likeness (QED) is 0.717. The first kappa shape index (κ1) is 10.7. The summed E-state index contributed by atoms with van der Waals surface area (Å²) in [5.74, 6) is 0.692. The molecule has 1 amide bonds. The Morgan fingerprint density at radius 2 is 2.20 bits per heavy atom. The van der Waals surface area contributed by atoms with Crippen LogP contribution in [0.3, 0.4) is 0 Å². The third-order valence-electron chi connectivity index (χ3n) is 3.12. The molecule has 2 fully saturated rings. The summed E-state index contributed by atoms with van der Waals surface area (Å²) in [6.07, 6.45) is 2.19. The number of hydrogen-bond donors (Lipinski definition) is 2. The van der Waals surface area contributed by atoms with Gasteiger partial charge in [0.1, 0.15) is 0 Å². The predicted octanol–water partition coefficient (Wildman–Crippen LogP) is 0.493. The van der Waals surface area contributed by atoms with Crippen molar-refractivity contribution in [2.24, 2.45) is 11.7 Å². The van der Waals surface area contributed by atoms with Crippen molar-refractivity contribution in [3.05, 3.63) is 0 Å². The summed E-state index contributed by atoms with van der Waals surface area (Å²) in [7, 11) is 0. The summed E-state index contributed by atoms with van der Waals surface area (Å²) in [4.78, 5) is 12.2. The first-order valence-corrected chi connectivity index (χ1v) is 5.52. The van der Waals surface area contributed by atoms with Gasteiger partial charge in [-0.1, -0.05) is 0 Å². The van der Waals surface area contributed by atoms with E-state index in [-0.39, 0.29) is 12.1 Å². The number of rotatable bonds is 3. The summed E-state index contributed by atoms with van der Waals surface area (Å²) in [6.45, 7) is 1.69. The van der Waals surface area contributed by atoms with Crippen molar-refractivity contribution in [1.29, 1.82) is 0 Å². The van der Waals surface area contributed by atoms with Crippen molar-refractivity contribution in [3.8, 4) is 0 Å². The molecule has 0 aromatic carbocycles. The van der Waals surface area contributed by atoms with E-state index in [2.05, 4.69) is 0 Å². The third kappa shape index (κ3) is 2.82. The Balaban J connectivity index is 1.80. The number of hydrogen-bond acceptors (Lipinski definition) is 3. The van der Waals surface area contributed by atoms with E-state index < -0.39 is 6.09 Å². The van der Waals surface area contributed by atoms with Gasteiger partial charge in [0.15, 0.2) is 0 Å². The SMILES string of the molecule is NC1CCN(C(=O)O)CC1OCC1CC1. The summed E-state index contributed by atoms with van der Waals surface area (Å²) in [5.41, 5.74) is 5.90. The molecule has 15 heavy (non-hydrogen) atoms. The maximum absolute atomic E-state index is 10.8. The van der Waals surface area contributed by atoms with Crippen molar-refractivity contribution < 1.29 is 14.6 Å². The van der Waals surface area contributed by atoms with Gasteiger partial charge in [0.25, 0.3) is 0 Å². The molecule has 2 atom stereocenters. The second-order valence-corrected chi connectivity index (χ2v) is 4.50. The van der Waals surface area contributed by atoms with Crippen LogP contribution in [0.25, 0.3) is 0 Å². The molecule has 0 aromatic heterocycles. The maximum Gasteiger partial charge on any atom is 0.407 e. The summed E-state index contributed by atoms with van der Waals surface area (Å²) in [5, 5.41) is 8.86. The Labute approximate surface area is 89.2 Å². The number of ether oxygens (including phenoxy) is 1. The molecule has 2 unspecified atom stereocenters. The van der Waals surface area contributed by atoms with E-state index in [1.807, 2.05) is 0 Å². The van der Waals surface area contributed by atoms with Crippen molar-refractivity contribution in [3.63, 3.8) is 0 Å². The Morgan fingerprint density at radius 1 is 1.47 bits per heavy atom. The number of piperidine rings is 1. The number of amides is 1. The molecule has 2 rings (SSSR count). The Kier molecular flexibility index (Phi) is 3.11. The predicted molar refractivity (Wildman–Crippen MR) is 54.7 cm³/mol. The number of carbonyl (C=O) groups is 1. The molecule has 3 N–H and O–H groups in total. The largest absolute Gasteiger partial charge is 0.465 e. The topological polar surface area (TPSA) is 75.8 Å². The first-order valence-electron chi connectivity index (χ1n) is 5.52. The van der Waals surface area contributed by atoms with Gasteiger partial charge in [-0.2, -0.15) is 0 Å². The highest BCUT2D eigenvalue weighted by molar-refractivity contribution is 5.65. The van der Waals surface area contributed by atoms with Gasteiger partial charge in [-0.3, -0.25) is 0 Å². The van der Waals surface area contributed by atoms with E-state index in [0.717, 1.165) is 6.61 Å². The highest BCUT2D eigenvalue weighted by atomic mass is 16.5. The normalized spacial score (nSPS) is 31.7. The highest BCUT2D eigenvalue weighted by Gasteiger charge is 2.31. The molecule has 5 nitrogen and oxygen atoms in total. The molecule has 1 heterocycles. The lowest BCUT2D eigenvalue weighted by Crippen LogP contribution is -2.53. The van der Waals surface area contributed by atoms with Crippen molar-refractivity contribution in [1.82, 2.24) is 4.90 Å². The molecule has 0 radical (unpaired) electrons. The molecular weight excluding hydrogens is 196 g/mol. The van der Waals surface area contributed by atoms with Gasteiger partial charge in [-0.25, -0.2) is 4.79 Å². The molecule has 1 aliphatic carbocycles. The van der Waals surface area contributed by atoms with Gasteiger partial charge in [0, 0.05) is 19.2 Å². The molecule has 0 spiro atoms. The van der Waals surface area contributed by atoms with Crippen LogP contribution in [0.15, 0.2) is 0 Å². The van der Waals surface area contributed by atoms with Crippen LogP contribution in [-0.2, 0) is 4.74 Å². The standard InChI is InChI=1S/C10H18N2O3/c11-8-3-4-12(10(13)14)5-9(8)15-6-7-1-2-7/h7-9H,1-6,11H2,(H,13,14). The number of carboxylic acid groups (broad SMARTS) is 1. The van der Waals surface area contributed by atoms with Crippen LogP contribution >= 0.6 is 0 Å². The van der Waals surface area contributed by atoms with Gasteiger partial charge >= 0.3 is 6.09 Å². The van der Waals surface area contributed by atoms with Crippen LogP contribution in [0.2, 0.25) is 0 Å². The summed E-state index contributed by atoms with van der Waals surface area (Å²) in [6, 6.07) is -0.0145. The van der Waals surface area contributed by atoms with Crippen LogP contribution in [-0.4, -0.2) is 47.9 Å². The average Bonchev–Trinajstić information content (AvgIpc) is 3.00. The monoisotopic (exact) mass is 214 g/mol. The van der Waals surface area contributed by atoms with E-state index in [0.29, 0.717) is 25.4 Å². The second kappa shape index (κ2) is 4.37. The highest BCUT2D eigenvalue weighted by Crippen LogP contribution is 2.29.